The average Bonchev–Trinajstić information content (AvgIpc) is 2.20. The van der Waals surface area contributed by atoms with Gasteiger partial charge < -0.3 is 5.11 Å². The van der Waals surface area contributed by atoms with Crippen molar-refractivity contribution < 1.29 is 14.7 Å². The van der Waals surface area contributed by atoms with Gasteiger partial charge in [-0.3, -0.25) is 9.59 Å². The van der Waals surface area contributed by atoms with Crippen molar-refractivity contribution in [2.45, 2.75) is 13.3 Å². The van der Waals surface area contributed by atoms with Gasteiger partial charge in [-0.05, 0) is 24.1 Å². The van der Waals surface area contributed by atoms with Crippen LogP contribution in [0.2, 0.25) is 0 Å². The number of hydrogen-bond donors (Lipinski definition) is 1. The molecule has 0 bridgehead atoms. The molecule has 0 heterocycles. The summed E-state index contributed by atoms with van der Waals surface area (Å²) in [4.78, 5) is 20.8. The molecule has 0 unspecified atom stereocenters. The quantitative estimate of drug-likeness (QED) is 0.765. The summed E-state index contributed by atoms with van der Waals surface area (Å²) < 4.78 is 0. The lowest BCUT2D eigenvalue weighted by Gasteiger charge is -2.00. The molecule has 0 radical (unpaired) electrons. The monoisotopic (exact) mass is 204 g/mol. The Kier molecular flexibility index (Phi) is 3.80. The fourth-order valence-corrected chi connectivity index (χ4v) is 1.20. The molecule has 0 atom stereocenters. The number of carboxylic acids is 1. The summed E-state index contributed by atoms with van der Waals surface area (Å²) in [5.41, 5.74) is 2.48. The van der Waals surface area contributed by atoms with Gasteiger partial charge in [0.15, 0.2) is 0 Å². The zero-order valence-electron chi connectivity index (χ0n) is 8.43. The number of aliphatic carboxylic acids is 1. The molecule has 0 aliphatic carbocycles. The molecular weight excluding hydrogens is 192 g/mol. The van der Waals surface area contributed by atoms with E-state index in [2.05, 4.69) is 0 Å². The predicted molar refractivity (Wildman–Crippen MR) is 57.9 cm³/mol. The van der Waals surface area contributed by atoms with E-state index in [1.54, 1.807) is 24.3 Å². The number of aldehydes is 1. The largest absolute Gasteiger partial charge is 0.481 e. The molecule has 3 heteroatoms. The SMILES string of the molecule is Cc1ccc(C=O)cc1C=CCC(=O)O. The van der Waals surface area contributed by atoms with Crippen LogP contribution >= 0.6 is 0 Å². The van der Waals surface area contributed by atoms with Gasteiger partial charge >= 0.3 is 5.97 Å². The number of carboxylic acid groups (broad SMARTS) is 1. The second-order valence-electron chi connectivity index (χ2n) is 3.23. The normalized spacial score (nSPS) is 10.5. The van der Waals surface area contributed by atoms with Crippen LogP contribution in [0, 0.1) is 6.92 Å². The summed E-state index contributed by atoms with van der Waals surface area (Å²) in [5, 5.41) is 8.45. The van der Waals surface area contributed by atoms with E-state index in [4.69, 9.17) is 5.11 Å². The summed E-state index contributed by atoms with van der Waals surface area (Å²) in [6.07, 6.45) is 4.05. The maximum Gasteiger partial charge on any atom is 0.307 e. The zero-order valence-corrected chi connectivity index (χ0v) is 8.43. The summed E-state index contributed by atoms with van der Waals surface area (Å²) in [7, 11) is 0. The first-order chi connectivity index (χ1) is 7.13. The molecule has 0 fully saturated rings. The van der Waals surface area contributed by atoms with Gasteiger partial charge in [0, 0.05) is 5.56 Å². The van der Waals surface area contributed by atoms with Crippen LogP contribution in [0.4, 0.5) is 0 Å². The zero-order chi connectivity index (χ0) is 11.3. The highest BCUT2D eigenvalue weighted by Crippen LogP contribution is 2.12. The number of hydrogen-bond acceptors (Lipinski definition) is 2. The first-order valence-electron chi connectivity index (χ1n) is 4.57. The smallest absolute Gasteiger partial charge is 0.307 e. The van der Waals surface area contributed by atoms with Crippen molar-refractivity contribution in [2.24, 2.45) is 0 Å². The lowest BCUT2D eigenvalue weighted by molar-refractivity contribution is -0.135. The van der Waals surface area contributed by atoms with Gasteiger partial charge in [-0.25, -0.2) is 0 Å². The molecule has 0 aliphatic rings. The fraction of sp³-hybridized carbons (Fsp3) is 0.167. The van der Waals surface area contributed by atoms with Crippen LogP contribution in [-0.4, -0.2) is 17.4 Å². The number of rotatable bonds is 4. The summed E-state index contributed by atoms with van der Waals surface area (Å²) in [6, 6.07) is 5.31. The van der Waals surface area contributed by atoms with Gasteiger partial charge in [0.05, 0.1) is 6.42 Å². The van der Waals surface area contributed by atoms with E-state index < -0.39 is 5.97 Å². The molecule has 0 aliphatic heterocycles. The molecule has 0 saturated carbocycles. The Hall–Kier alpha value is -1.90. The third-order valence-electron chi connectivity index (χ3n) is 2.03. The van der Waals surface area contributed by atoms with Crippen LogP contribution in [0.5, 0.6) is 0 Å². The topological polar surface area (TPSA) is 54.4 Å². The van der Waals surface area contributed by atoms with Crippen molar-refractivity contribution in [2.75, 3.05) is 0 Å². The predicted octanol–water partition coefficient (Wildman–Crippen LogP) is 2.30. The van der Waals surface area contributed by atoms with Crippen LogP contribution < -0.4 is 0 Å². The number of carbonyl (C=O) groups is 2. The highest BCUT2D eigenvalue weighted by Gasteiger charge is 1.97. The van der Waals surface area contributed by atoms with E-state index in [9.17, 15) is 9.59 Å². The first kappa shape index (κ1) is 11.2. The molecule has 0 amide bonds. The molecule has 0 aromatic heterocycles. The number of benzene rings is 1. The Bertz CT molecular complexity index is 405. The molecule has 78 valence electrons. The Morgan fingerprint density at radius 2 is 2.20 bits per heavy atom. The lowest BCUT2D eigenvalue weighted by atomic mass is 10.0. The Morgan fingerprint density at radius 1 is 1.47 bits per heavy atom. The van der Waals surface area contributed by atoms with Crippen LogP contribution in [0.15, 0.2) is 24.3 Å². The van der Waals surface area contributed by atoms with Crippen molar-refractivity contribution in [3.63, 3.8) is 0 Å². The molecule has 0 saturated heterocycles. The molecule has 1 aromatic rings. The van der Waals surface area contributed by atoms with Crippen LogP contribution in [0.1, 0.15) is 27.9 Å². The van der Waals surface area contributed by atoms with Gasteiger partial charge in [-0.2, -0.15) is 0 Å². The van der Waals surface area contributed by atoms with Crippen molar-refractivity contribution in [3.8, 4) is 0 Å². The van der Waals surface area contributed by atoms with Crippen LogP contribution in [-0.2, 0) is 4.79 Å². The highest BCUT2D eigenvalue weighted by molar-refractivity contribution is 5.77. The maximum atomic E-state index is 10.5. The molecule has 3 nitrogen and oxygen atoms in total. The van der Waals surface area contributed by atoms with E-state index in [1.165, 1.54) is 0 Å². The lowest BCUT2D eigenvalue weighted by Crippen LogP contribution is -1.90. The number of aryl methyl sites for hydroxylation is 1. The Labute approximate surface area is 88.0 Å². The third-order valence-corrected chi connectivity index (χ3v) is 2.03. The second-order valence-corrected chi connectivity index (χ2v) is 3.23. The molecule has 1 rings (SSSR count). The standard InChI is InChI=1S/C12H12O3/c1-9-5-6-10(8-13)7-11(9)3-2-4-12(14)15/h2-3,5-8H,4H2,1H3,(H,14,15). The van der Waals surface area contributed by atoms with Crippen molar-refractivity contribution in [3.05, 3.63) is 41.0 Å². The number of carbonyl (C=O) groups excluding carboxylic acids is 1. The Morgan fingerprint density at radius 3 is 2.80 bits per heavy atom. The van der Waals surface area contributed by atoms with Gasteiger partial charge in [0.2, 0.25) is 0 Å². The van der Waals surface area contributed by atoms with Crippen molar-refractivity contribution >= 4 is 18.3 Å². The van der Waals surface area contributed by atoms with E-state index in [1.807, 2.05) is 13.0 Å². The minimum absolute atomic E-state index is 0.00917. The highest BCUT2D eigenvalue weighted by atomic mass is 16.4. The second kappa shape index (κ2) is 5.10. The maximum absolute atomic E-state index is 10.5. The minimum Gasteiger partial charge on any atom is -0.481 e. The fourth-order valence-electron chi connectivity index (χ4n) is 1.20. The molecule has 15 heavy (non-hydrogen) atoms. The van der Waals surface area contributed by atoms with E-state index >= 15 is 0 Å². The minimum atomic E-state index is -0.865. The first-order valence-corrected chi connectivity index (χ1v) is 4.57. The third kappa shape index (κ3) is 3.38. The van der Waals surface area contributed by atoms with Gasteiger partial charge in [-0.1, -0.05) is 24.3 Å². The van der Waals surface area contributed by atoms with Gasteiger partial charge in [0.25, 0.3) is 0 Å². The van der Waals surface area contributed by atoms with Gasteiger partial charge in [-0.15, -0.1) is 0 Å². The molecule has 1 aromatic carbocycles. The van der Waals surface area contributed by atoms with Crippen molar-refractivity contribution in [1.82, 2.24) is 0 Å². The molecule has 0 spiro atoms. The van der Waals surface area contributed by atoms with Crippen molar-refractivity contribution in [1.29, 1.82) is 0 Å². The summed E-state index contributed by atoms with van der Waals surface area (Å²) >= 11 is 0. The van der Waals surface area contributed by atoms with Gasteiger partial charge in [0.1, 0.15) is 6.29 Å². The van der Waals surface area contributed by atoms with E-state index in [0.717, 1.165) is 17.4 Å². The van der Waals surface area contributed by atoms with E-state index in [-0.39, 0.29) is 6.42 Å². The Balaban J connectivity index is 2.88. The van der Waals surface area contributed by atoms with Crippen LogP contribution in [0.3, 0.4) is 0 Å². The molecular formula is C12H12O3. The van der Waals surface area contributed by atoms with E-state index in [0.29, 0.717) is 5.56 Å². The average molecular weight is 204 g/mol. The molecule has 1 N–H and O–H groups in total. The van der Waals surface area contributed by atoms with Crippen LogP contribution in [0.25, 0.3) is 6.08 Å². The summed E-state index contributed by atoms with van der Waals surface area (Å²) in [5.74, 6) is -0.865. The summed E-state index contributed by atoms with van der Waals surface area (Å²) in [6.45, 7) is 1.91.